The Kier molecular flexibility index (Phi) is 12.7. The summed E-state index contributed by atoms with van der Waals surface area (Å²) in [4.78, 5) is 32.7. The van der Waals surface area contributed by atoms with Gasteiger partial charge in [-0.15, -0.1) is 24.8 Å². The lowest BCUT2D eigenvalue weighted by Crippen LogP contribution is -2.48. The number of fused-ring (bicyclic) bond motifs is 1. The quantitative estimate of drug-likeness (QED) is 0.311. The Morgan fingerprint density at radius 2 is 1.81 bits per heavy atom. The fraction of sp³-hybridized carbons (Fsp3) is 0.414. The Morgan fingerprint density at radius 1 is 1.07 bits per heavy atom. The first-order valence-electron chi connectivity index (χ1n) is 13.3. The Labute approximate surface area is 259 Å². The number of aromatic nitrogens is 2. The highest BCUT2D eigenvalue weighted by molar-refractivity contribution is 5.87. The third-order valence-electron chi connectivity index (χ3n) is 6.82. The summed E-state index contributed by atoms with van der Waals surface area (Å²) in [5, 5.41) is 23.0. The SMILES string of the molecule is Cc1nc(-c2ccc(C)c(N(CC(=O)NCCNC(C)C)CC(=O)N(C)N3Cc4ccc(C#N)cc4C3)c2)no1.Cl.Cl. The van der Waals surface area contributed by atoms with Crippen molar-refractivity contribution >= 4 is 42.3 Å². The second-order valence-corrected chi connectivity index (χ2v) is 10.3. The molecule has 2 aromatic carbocycles. The predicted octanol–water partition coefficient (Wildman–Crippen LogP) is 3.38. The Bertz CT molecular complexity index is 1420. The molecule has 0 unspecified atom stereocenters. The maximum Gasteiger partial charge on any atom is 0.256 e. The Hall–Kier alpha value is -3.69. The molecule has 226 valence electrons. The molecule has 42 heavy (non-hydrogen) atoms. The van der Waals surface area contributed by atoms with Crippen LogP contribution < -0.4 is 15.5 Å². The minimum absolute atomic E-state index is 0. The summed E-state index contributed by atoms with van der Waals surface area (Å²) in [6.07, 6.45) is 0. The normalized spacial score (nSPS) is 12.1. The van der Waals surface area contributed by atoms with Crippen LogP contribution in [0.1, 0.15) is 42.0 Å². The average Bonchev–Trinajstić information content (AvgIpc) is 3.56. The fourth-order valence-corrected chi connectivity index (χ4v) is 4.61. The molecule has 13 heteroatoms. The molecule has 2 heterocycles. The molecule has 1 aliphatic rings. The average molecular weight is 618 g/mol. The number of hydrogen-bond donors (Lipinski definition) is 2. The van der Waals surface area contributed by atoms with Crippen LogP contribution in [0.3, 0.4) is 0 Å². The lowest BCUT2D eigenvalue weighted by Gasteiger charge is -2.32. The van der Waals surface area contributed by atoms with E-state index < -0.39 is 0 Å². The molecule has 2 amide bonds. The Morgan fingerprint density at radius 3 is 2.48 bits per heavy atom. The fourth-order valence-electron chi connectivity index (χ4n) is 4.61. The van der Waals surface area contributed by atoms with Crippen LogP contribution >= 0.6 is 24.8 Å². The van der Waals surface area contributed by atoms with Gasteiger partial charge < -0.3 is 20.1 Å². The van der Waals surface area contributed by atoms with Crippen molar-refractivity contribution in [2.75, 3.05) is 38.1 Å². The van der Waals surface area contributed by atoms with E-state index in [2.05, 4.69) is 26.8 Å². The van der Waals surface area contributed by atoms with E-state index in [1.54, 1.807) is 29.9 Å². The molecule has 0 aliphatic carbocycles. The van der Waals surface area contributed by atoms with Gasteiger partial charge in [-0.05, 0) is 41.8 Å². The van der Waals surface area contributed by atoms with Crippen molar-refractivity contribution in [2.45, 2.75) is 46.8 Å². The molecule has 0 radical (unpaired) electrons. The molecule has 1 aromatic heterocycles. The minimum Gasteiger partial charge on any atom is -0.353 e. The number of anilines is 1. The van der Waals surface area contributed by atoms with E-state index in [1.807, 2.05) is 56.1 Å². The first-order chi connectivity index (χ1) is 19.1. The zero-order valence-electron chi connectivity index (χ0n) is 24.5. The van der Waals surface area contributed by atoms with Gasteiger partial charge in [-0.2, -0.15) is 10.2 Å². The molecule has 0 bridgehead atoms. The van der Waals surface area contributed by atoms with E-state index in [-0.39, 0.29) is 49.7 Å². The molecule has 4 rings (SSSR count). The van der Waals surface area contributed by atoms with E-state index in [0.717, 1.165) is 27.9 Å². The number of nitrogens with one attached hydrogen (secondary N) is 2. The van der Waals surface area contributed by atoms with E-state index in [9.17, 15) is 14.9 Å². The number of nitrogens with zero attached hydrogens (tertiary/aromatic N) is 6. The number of benzene rings is 2. The molecule has 3 aromatic rings. The summed E-state index contributed by atoms with van der Waals surface area (Å²) in [6.45, 7) is 9.99. The summed E-state index contributed by atoms with van der Waals surface area (Å²) in [5.74, 6) is 0.549. The van der Waals surface area contributed by atoms with Crippen LogP contribution in [0.4, 0.5) is 5.69 Å². The third-order valence-corrected chi connectivity index (χ3v) is 6.82. The Balaban J connectivity index is 0.00000308. The lowest BCUT2D eigenvalue weighted by atomic mass is 10.1. The van der Waals surface area contributed by atoms with E-state index in [0.29, 0.717) is 49.5 Å². The number of amides is 2. The number of nitriles is 1. The molecule has 0 atom stereocenters. The first-order valence-corrected chi connectivity index (χ1v) is 13.3. The zero-order valence-corrected chi connectivity index (χ0v) is 26.1. The van der Waals surface area contributed by atoms with E-state index in [1.165, 1.54) is 0 Å². The molecule has 0 fully saturated rings. The highest BCUT2D eigenvalue weighted by Crippen LogP contribution is 2.28. The van der Waals surface area contributed by atoms with Crippen molar-refractivity contribution in [3.63, 3.8) is 0 Å². The van der Waals surface area contributed by atoms with Crippen molar-refractivity contribution < 1.29 is 14.1 Å². The number of carbonyl (C=O) groups is 2. The van der Waals surface area contributed by atoms with Gasteiger partial charge in [0.15, 0.2) is 0 Å². The largest absolute Gasteiger partial charge is 0.353 e. The maximum absolute atomic E-state index is 13.6. The maximum atomic E-state index is 13.6. The number of hydrazine groups is 1. The summed E-state index contributed by atoms with van der Waals surface area (Å²) >= 11 is 0. The van der Waals surface area contributed by atoms with E-state index >= 15 is 0 Å². The van der Waals surface area contributed by atoms with Crippen LogP contribution in [0, 0.1) is 25.2 Å². The molecular weight excluding hydrogens is 579 g/mol. The topological polar surface area (TPSA) is 131 Å². The van der Waals surface area contributed by atoms with E-state index in [4.69, 9.17) is 4.52 Å². The van der Waals surface area contributed by atoms with Gasteiger partial charge in [-0.3, -0.25) is 14.6 Å². The van der Waals surface area contributed by atoms with Crippen LogP contribution in [0.2, 0.25) is 0 Å². The lowest BCUT2D eigenvalue weighted by molar-refractivity contribution is -0.145. The monoisotopic (exact) mass is 616 g/mol. The second kappa shape index (κ2) is 15.5. The van der Waals surface area contributed by atoms with Crippen molar-refractivity contribution in [1.29, 1.82) is 5.26 Å². The van der Waals surface area contributed by atoms with Gasteiger partial charge >= 0.3 is 0 Å². The summed E-state index contributed by atoms with van der Waals surface area (Å²) < 4.78 is 5.15. The van der Waals surface area contributed by atoms with Crippen LogP contribution in [0.25, 0.3) is 11.4 Å². The standard InChI is InChI=1S/C29H36N8O3.2ClH/c1-19(2)31-10-11-32-27(38)17-36(26-13-23(8-6-20(26)3)29-33-21(4)40-34-29)18-28(39)35(5)37-15-24-9-7-22(14-30)12-25(24)16-37;;/h6-9,12-13,19,31H,10-11,15-18H2,1-5H3,(H,32,38);2*1H. The van der Waals surface area contributed by atoms with Crippen LogP contribution in [0.5, 0.6) is 0 Å². The van der Waals surface area contributed by atoms with Crippen molar-refractivity contribution in [1.82, 2.24) is 30.8 Å². The summed E-state index contributed by atoms with van der Waals surface area (Å²) in [5.41, 5.74) is 5.09. The van der Waals surface area contributed by atoms with Gasteiger partial charge in [0.05, 0.1) is 24.7 Å². The van der Waals surface area contributed by atoms with Gasteiger partial charge in [0.25, 0.3) is 5.91 Å². The molecular formula is C29H38Cl2N8O3. The minimum atomic E-state index is -0.182. The highest BCUT2D eigenvalue weighted by Gasteiger charge is 2.27. The molecule has 1 aliphatic heterocycles. The number of carbonyl (C=O) groups excluding carboxylic acids is 2. The van der Waals surface area contributed by atoms with Crippen LogP contribution in [-0.4, -0.2) is 71.2 Å². The van der Waals surface area contributed by atoms with Crippen LogP contribution in [0.15, 0.2) is 40.9 Å². The smallest absolute Gasteiger partial charge is 0.256 e. The molecule has 0 saturated carbocycles. The van der Waals surface area contributed by atoms with Gasteiger partial charge in [-0.1, -0.05) is 37.2 Å². The summed E-state index contributed by atoms with van der Waals surface area (Å²) in [6, 6.07) is 13.8. The number of hydrogen-bond acceptors (Lipinski definition) is 9. The number of halogens is 2. The van der Waals surface area contributed by atoms with Crippen LogP contribution in [-0.2, 0) is 22.7 Å². The van der Waals surface area contributed by atoms with Gasteiger partial charge in [0.1, 0.15) is 0 Å². The van der Waals surface area contributed by atoms with Gasteiger partial charge in [0.2, 0.25) is 17.6 Å². The second-order valence-electron chi connectivity index (χ2n) is 10.3. The van der Waals surface area contributed by atoms with Crippen molar-refractivity contribution in [2.24, 2.45) is 0 Å². The van der Waals surface area contributed by atoms with Crippen molar-refractivity contribution in [3.8, 4) is 17.5 Å². The molecule has 2 N–H and O–H groups in total. The zero-order chi connectivity index (χ0) is 28.8. The molecule has 0 saturated heterocycles. The highest BCUT2D eigenvalue weighted by atomic mass is 35.5. The van der Waals surface area contributed by atoms with Gasteiger partial charge in [0, 0.05) is 57.4 Å². The van der Waals surface area contributed by atoms with Gasteiger partial charge in [-0.25, -0.2) is 5.01 Å². The summed E-state index contributed by atoms with van der Waals surface area (Å²) in [7, 11) is 1.74. The predicted molar refractivity (Wildman–Crippen MR) is 165 cm³/mol. The van der Waals surface area contributed by atoms with Crippen molar-refractivity contribution in [3.05, 3.63) is 64.5 Å². The molecule has 0 spiro atoms. The third kappa shape index (κ3) is 8.66. The first kappa shape index (κ1) is 34.5. The number of likely N-dealkylation sites (N-methyl/N-ethyl adjacent to an activating group) is 1. The number of aryl methyl sites for hydroxylation is 2. The number of rotatable bonds is 11. The molecule has 11 nitrogen and oxygen atoms in total.